The molecular formula is C17H27BrFN. The average molecular weight is 344 g/mol. The summed E-state index contributed by atoms with van der Waals surface area (Å²) in [7, 11) is 0. The zero-order chi connectivity index (χ0) is 14.8. The van der Waals surface area contributed by atoms with Crippen LogP contribution in [0.2, 0.25) is 0 Å². The van der Waals surface area contributed by atoms with Gasteiger partial charge < -0.3 is 5.32 Å². The number of hydrogen-bond donors (Lipinski definition) is 1. The normalized spacial score (nSPS) is 12.6. The lowest BCUT2D eigenvalue weighted by Gasteiger charge is -2.19. The Labute approximate surface area is 131 Å². The van der Waals surface area contributed by atoms with Crippen molar-refractivity contribution in [2.45, 2.75) is 64.8 Å². The molecule has 1 unspecified atom stereocenters. The first kappa shape index (κ1) is 17.6. The second-order valence-corrected chi connectivity index (χ2v) is 6.36. The van der Waals surface area contributed by atoms with Crippen LogP contribution in [0.25, 0.3) is 0 Å². The van der Waals surface area contributed by atoms with E-state index in [2.05, 4.69) is 35.1 Å². The van der Waals surface area contributed by atoms with Gasteiger partial charge in [0.25, 0.3) is 0 Å². The number of halogens is 2. The van der Waals surface area contributed by atoms with Gasteiger partial charge in [0.05, 0.1) is 0 Å². The lowest BCUT2D eigenvalue weighted by Crippen LogP contribution is -2.32. The molecule has 1 aromatic rings. The van der Waals surface area contributed by atoms with Crippen LogP contribution in [-0.2, 0) is 6.42 Å². The van der Waals surface area contributed by atoms with Crippen LogP contribution in [-0.4, -0.2) is 12.6 Å². The predicted molar refractivity (Wildman–Crippen MR) is 88.6 cm³/mol. The fourth-order valence-electron chi connectivity index (χ4n) is 2.41. The smallest absolute Gasteiger partial charge is 0.126 e. The van der Waals surface area contributed by atoms with Crippen LogP contribution in [0.1, 0.15) is 57.9 Å². The van der Waals surface area contributed by atoms with Crippen LogP contribution >= 0.6 is 15.9 Å². The van der Waals surface area contributed by atoms with Gasteiger partial charge >= 0.3 is 0 Å². The average Bonchev–Trinajstić information content (AvgIpc) is 2.44. The highest BCUT2D eigenvalue weighted by Crippen LogP contribution is 2.18. The summed E-state index contributed by atoms with van der Waals surface area (Å²) in [6, 6.07) is 5.60. The molecule has 0 radical (unpaired) electrons. The third-order valence-electron chi connectivity index (χ3n) is 3.56. The van der Waals surface area contributed by atoms with Crippen molar-refractivity contribution in [1.29, 1.82) is 0 Å². The summed E-state index contributed by atoms with van der Waals surface area (Å²) in [6.07, 6.45) is 8.08. The summed E-state index contributed by atoms with van der Waals surface area (Å²) in [5.74, 6) is -0.0925. The maximum absolute atomic E-state index is 13.8. The topological polar surface area (TPSA) is 12.0 Å². The molecule has 0 heterocycles. The van der Waals surface area contributed by atoms with E-state index in [9.17, 15) is 4.39 Å². The third-order valence-corrected chi connectivity index (χ3v) is 4.06. The van der Waals surface area contributed by atoms with Crippen molar-refractivity contribution in [3.05, 3.63) is 34.1 Å². The third kappa shape index (κ3) is 6.85. The number of unbranched alkanes of at least 4 members (excludes halogenated alkanes) is 3. The molecule has 20 heavy (non-hydrogen) atoms. The lowest BCUT2D eigenvalue weighted by atomic mass is 9.99. The maximum Gasteiger partial charge on any atom is 0.126 e. The Hall–Kier alpha value is -0.410. The summed E-state index contributed by atoms with van der Waals surface area (Å²) < 4.78 is 14.8. The second kappa shape index (κ2) is 10.3. The van der Waals surface area contributed by atoms with E-state index in [0.717, 1.165) is 35.8 Å². The lowest BCUT2D eigenvalue weighted by molar-refractivity contribution is 0.446. The largest absolute Gasteiger partial charge is 0.314 e. The highest BCUT2D eigenvalue weighted by atomic mass is 79.9. The summed E-state index contributed by atoms with van der Waals surface area (Å²) in [5.41, 5.74) is 0.809. The molecule has 0 aromatic heterocycles. The van der Waals surface area contributed by atoms with Gasteiger partial charge in [-0.05, 0) is 49.6 Å². The van der Waals surface area contributed by atoms with Crippen LogP contribution in [0.15, 0.2) is 22.7 Å². The van der Waals surface area contributed by atoms with Crippen molar-refractivity contribution in [2.24, 2.45) is 0 Å². The van der Waals surface area contributed by atoms with Gasteiger partial charge in [0.2, 0.25) is 0 Å². The first-order chi connectivity index (χ1) is 9.67. The van der Waals surface area contributed by atoms with E-state index in [4.69, 9.17) is 0 Å². The van der Waals surface area contributed by atoms with E-state index in [1.54, 1.807) is 12.1 Å². The first-order valence-corrected chi connectivity index (χ1v) is 8.64. The van der Waals surface area contributed by atoms with Crippen LogP contribution in [0.3, 0.4) is 0 Å². The van der Waals surface area contributed by atoms with Crippen LogP contribution in [0.4, 0.5) is 4.39 Å². The molecule has 0 fully saturated rings. The molecule has 114 valence electrons. The Bertz CT molecular complexity index is 381. The van der Waals surface area contributed by atoms with Gasteiger partial charge in [-0.2, -0.15) is 0 Å². The van der Waals surface area contributed by atoms with Crippen molar-refractivity contribution in [3.63, 3.8) is 0 Å². The number of rotatable bonds is 10. The Morgan fingerprint density at radius 2 is 1.95 bits per heavy atom. The molecule has 0 aliphatic rings. The molecule has 0 aliphatic carbocycles. The summed E-state index contributed by atoms with van der Waals surface area (Å²) >= 11 is 3.43. The maximum atomic E-state index is 13.8. The van der Waals surface area contributed by atoms with Gasteiger partial charge in [0, 0.05) is 10.5 Å². The van der Waals surface area contributed by atoms with E-state index in [1.807, 2.05) is 6.07 Å². The molecule has 1 nitrogen and oxygen atoms in total. The Morgan fingerprint density at radius 1 is 1.15 bits per heavy atom. The molecule has 0 saturated carbocycles. The number of nitrogens with one attached hydrogen (secondary N) is 1. The van der Waals surface area contributed by atoms with Crippen molar-refractivity contribution in [1.82, 2.24) is 5.32 Å². The van der Waals surface area contributed by atoms with E-state index in [0.29, 0.717) is 6.04 Å². The molecule has 0 saturated heterocycles. The van der Waals surface area contributed by atoms with Gasteiger partial charge in [0.1, 0.15) is 5.82 Å². The fraction of sp³-hybridized carbons (Fsp3) is 0.647. The minimum Gasteiger partial charge on any atom is -0.314 e. The van der Waals surface area contributed by atoms with Crippen LogP contribution in [0.5, 0.6) is 0 Å². The zero-order valence-electron chi connectivity index (χ0n) is 12.7. The summed E-state index contributed by atoms with van der Waals surface area (Å²) in [5, 5.41) is 3.56. The Kier molecular flexibility index (Phi) is 9.12. The molecule has 0 bridgehead atoms. The molecule has 3 heteroatoms. The Morgan fingerprint density at radius 3 is 2.65 bits per heavy atom. The summed E-state index contributed by atoms with van der Waals surface area (Å²) in [4.78, 5) is 0. The highest BCUT2D eigenvalue weighted by molar-refractivity contribution is 9.10. The SMILES string of the molecule is CCCCCCC(Cc1cc(Br)ccc1F)NCCC. The summed E-state index contributed by atoms with van der Waals surface area (Å²) in [6.45, 7) is 5.40. The second-order valence-electron chi connectivity index (χ2n) is 5.44. The minimum atomic E-state index is -0.0925. The molecule has 0 spiro atoms. The molecule has 0 aliphatic heterocycles. The standard InChI is InChI=1S/C17H27BrFN/c1-3-5-6-7-8-16(20-11-4-2)13-14-12-15(18)9-10-17(14)19/h9-10,12,16,20H,3-8,11,13H2,1-2H3. The van der Waals surface area contributed by atoms with Gasteiger partial charge in [0.15, 0.2) is 0 Å². The van der Waals surface area contributed by atoms with E-state index in [1.165, 1.54) is 25.7 Å². The molecule has 0 amide bonds. The van der Waals surface area contributed by atoms with Crippen molar-refractivity contribution in [2.75, 3.05) is 6.54 Å². The Balaban J connectivity index is 2.55. The molecular weight excluding hydrogens is 317 g/mol. The van der Waals surface area contributed by atoms with E-state index in [-0.39, 0.29) is 5.82 Å². The number of hydrogen-bond acceptors (Lipinski definition) is 1. The van der Waals surface area contributed by atoms with Gasteiger partial charge in [-0.25, -0.2) is 4.39 Å². The predicted octanol–water partition coefficient (Wildman–Crippen LogP) is 5.47. The van der Waals surface area contributed by atoms with Crippen LogP contribution in [0, 0.1) is 5.82 Å². The van der Waals surface area contributed by atoms with Gasteiger partial charge in [-0.3, -0.25) is 0 Å². The van der Waals surface area contributed by atoms with E-state index >= 15 is 0 Å². The molecule has 1 rings (SSSR count). The molecule has 1 aromatic carbocycles. The molecule has 1 atom stereocenters. The zero-order valence-corrected chi connectivity index (χ0v) is 14.3. The number of benzene rings is 1. The van der Waals surface area contributed by atoms with Gasteiger partial charge in [-0.15, -0.1) is 0 Å². The fourth-order valence-corrected chi connectivity index (χ4v) is 2.82. The minimum absolute atomic E-state index is 0.0925. The van der Waals surface area contributed by atoms with Crippen molar-refractivity contribution < 1.29 is 4.39 Å². The van der Waals surface area contributed by atoms with E-state index < -0.39 is 0 Å². The monoisotopic (exact) mass is 343 g/mol. The molecule has 1 N–H and O–H groups in total. The first-order valence-electron chi connectivity index (χ1n) is 7.84. The quantitative estimate of drug-likeness (QED) is 0.555. The van der Waals surface area contributed by atoms with Crippen molar-refractivity contribution in [3.8, 4) is 0 Å². The van der Waals surface area contributed by atoms with Crippen LogP contribution < -0.4 is 5.32 Å². The van der Waals surface area contributed by atoms with Crippen molar-refractivity contribution >= 4 is 15.9 Å². The van der Waals surface area contributed by atoms with Gasteiger partial charge in [-0.1, -0.05) is 55.5 Å². The highest BCUT2D eigenvalue weighted by Gasteiger charge is 2.12.